The minimum Gasteiger partial charge on any atom is -0.480 e. The summed E-state index contributed by atoms with van der Waals surface area (Å²) in [5.74, 6) is -5.57. The van der Waals surface area contributed by atoms with Crippen molar-refractivity contribution in [1.82, 2.24) is 35.6 Å². The predicted octanol–water partition coefficient (Wildman–Crippen LogP) is 4.67. The lowest BCUT2D eigenvalue weighted by atomic mass is 10.0. The molecule has 0 aliphatic carbocycles. The molecule has 5 aliphatic rings. The minimum absolute atomic E-state index is 0. The number of nitrogens with one attached hydrogen (secondary N) is 2. The first-order chi connectivity index (χ1) is 42.3. The van der Waals surface area contributed by atoms with Crippen LogP contribution in [0.1, 0.15) is 133 Å². The van der Waals surface area contributed by atoms with Crippen LogP contribution in [0.15, 0.2) is 91.0 Å². The standard InChI is InChI=1S/C22H31N3O5.C21H33N2O6P.C20H27N3O5.H2O/c1-2-30-22(29)18(13-12-16-8-4-3-5-9-16)23-17-10-6-14-24-15-7-11-19(21(27)28)25(24)20(17)26;22-14-6-4-13-19(20(24)23-15-8-12-18(23)21(25)26)29-30(27,28)16-7-5-11-17-9-2-1-3-10-17;24-18-15(8-4-12-22-13-5-9-17(20(27)28)23(18)22)21-16(19(25)26)11-10-14-6-2-1-3-7-14;/h3-5,8-9,17-19,23H,2,6-7,10-15H2,1H3,(H,27,28);1-3,9-10,18-19H,4-8,11-16,22H2,(H,25,26)(H,27,28);1-3,6-7,15-17,21H,4-5,8-13H2,(H,25,26)(H,27,28);1H2/t17-,18-,19-;18-,19-;15-,16-,17-;/m000./s1. The summed E-state index contributed by atoms with van der Waals surface area (Å²) in [6.45, 7) is 5.36. The van der Waals surface area contributed by atoms with E-state index in [9.17, 15) is 68.2 Å². The molecule has 11 N–H and O–H groups in total. The van der Waals surface area contributed by atoms with Crippen LogP contribution in [0.5, 0.6) is 0 Å². The van der Waals surface area contributed by atoms with Crippen LogP contribution in [0.4, 0.5) is 0 Å². The van der Waals surface area contributed by atoms with Crippen molar-refractivity contribution in [3.8, 4) is 0 Å². The highest BCUT2D eigenvalue weighted by molar-refractivity contribution is 7.52. The summed E-state index contributed by atoms with van der Waals surface area (Å²) in [4.78, 5) is 110. The number of hydrogen-bond donors (Lipinski definition) is 8. The third-order valence-electron chi connectivity index (χ3n) is 16.5. The van der Waals surface area contributed by atoms with Gasteiger partial charge in [0.05, 0.1) is 24.9 Å². The van der Waals surface area contributed by atoms with Gasteiger partial charge in [-0.1, -0.05) is 91.0 Å². The topological polar surface area (TPSA) is 371 Å². The van der Waals surface area contributed by atoms with E-state index in [-0.39, 0.29) is 42.4 Å². The fourth-order valence-electron chi connectivity index (χ4n) is 12.0. The Morgan fingerprint density at radius 2 is 1.00 bits per heavy atom. The van der Waals surface area contributed by atoms with Crippen molar-refractivity contribution in [2.45, 2.75) is 184 Å². The summed E-state index contributed by atoms with van der Waals surface area (Å²) in [5.41, 5.74) is 8.82. The van der Waals surface area contributed by atoms with Crippen LogP contribution in [0.2, 0.25) is 0 Å². The van der Waals surface area contributed by atoms with Crippen molar-refractivity contribution in [3.63, 3.8) is 0 Å². The van der Waals surface area contributed by atoms with Gasteiger partial charge in [-0.05, 0) is 159 Å². The molecule has 5 saturated heterocycles. The van der Waals surface area contributed by atoms with Gasteiger partial charge in [-0.2, -0.15) is 0 Å². The lowest BCUT2D eigenvalue weighted by Gasteiger charge is -2.42. The van der Waals surface area contributed by atoms with Crippen molar-refractivity contribution in [2.24, 2.45) is 5.73 Å². The van der Waals surface area contributed by atoms with Crippen LogP contribution in [0.3, 0.4) is 0 Å². The molecule has 3 amide bonds. The number of nitrogens with two attached hydrogens (primary N) is 1. The number of amides is 3. The van der Waals surface area contributed by atoms with E-state index in [2.05, 4.69) is 10.6 Å². The Labute approximate surface area is 521 Å². The first kappa shape index (κ1) is 73.1. The molecule has 25 nitrogen and oxygen atoms in total. The third-order valence-corrected chi connectivity index (χ3v) is 18.0. The molecule has 492 valence electrons. The first-order valence-electron chi connectivity index (χ1n) is 31.2. The first-order valence-corrected chi connectivity index (χ1v) is 33.0. The number of rotatable bonds is 28. The predicted molar refractivity (Wildman–Crippen MR) is 330 cm³/mol. The molecular weight excluding hydrogens is 1170 g/mol. The number of benzene rings is 3. The van der Waals surface area contributed by atoms with E-state index < -0.39 is 85.8 Å². The molecule has 3 aromatic carbocycles. The maximum Gasteiger partial charge on any atom is 0.328 e. The van der Waals surface area contributed by atoms with Gasteiger partial charge in [0, 0.05) is 32.7 Å². The Kier molecular flexibility index (Phi) is 30.8. The molecule has 26 heteroatoms. The average Bonchev–Trinajstić information content (AvgIpc) is 4.20. The molecule has 0 spiro atoms. The molecule has 5 heterocycles. The molecule has 0 aromatic heterocycles. The molecule has 8 rings (SSSR count). The van der Waals surface area contributed by atoms with Crippen LogP contribution in [0.25, 0.3) is 0 Å². The second kappa shape index (κ2) is 37.5. The maximum absolute atomic E-state index is 13.3. The maximum atomic E-state index is 13.3. The molecule has 3 aromatic rings. The molecule has 0 bridgehead atoms. The second-order valence-corrected chi connectivity index (χ2v) is 24.9. The average molecular weight is 1270 g/mol. The Bertz CT molecular complexity index is 2770. The highest BCUT2D eigenvalue weighted by Crippen LogP contribution is 2.45. The number of hydrazine groups is 2. The lowest BCUT2D eigenvalue weighted by molar-refractivity contribution is -0.174. The molecule has 5 fully saturated rings. The van der Waals surface area contributed by atoms with E-state index in [0.29, 0.717) is 129 Å². The summed E-state index contributed by atoms with van der Waals surface area (Å²) in [6, 6.07) is 23.9. The number of carbonyl (C=O) groups excluding carboxylic acids is 4. The largest absolute Gasteiger partial charge is 0.480 e. The van der Waals surface area contributed by atoms with Crippen molar-refractivity contribution in [2.75, 3.05) is 52.0 Å². The van der Waals surface area contributed by atoms with Gasteiger partial charge < -0.3 is 46.2 Å². The van der Waals surface area contributed by atoms with Gasteiger partial charge in [0.25, 0.3) is 17.7 Å². The molecule has 1 unspecified atom stereocenters. The fraction of sp³-hybridized carbons (Fsp3) is 0.587. The highest BCUT2D eigenvalue weighted by atomic mass is 31.2. The number of carboxylic acid groups (broad SMARTS) is 4. The Hall–Kier alpha value is -6.67. The number of unbranched alkanes of at least 4 members (excludes halogenated alkanes) is 2. The van der Waals surface area contributed by atoms with E-state index in [1.807, 2.05) is 101 Å². The fourth-order valence-corrected chi connectivity index (χ4v) is 13.3. The smallest absolute Gasteiger partial charge is 0.328 e. The van der Waals surface area contributed by atoms with E-state index >= 15 is 0 Å². The molecule has 9 atom stereocenters. The van der Waals surface area contributed by atoms with Crippen LogP contribution >= 0.6 is 7.60 Å². The van der Waals surface area contributed by atoms with Gasteiger partial charge in [0.15, 0.2) is 0 Å². The SMILES string of the molecule is CCOC(=O)[C@H](CCc1ccccc1)N[C@H]1CCCN2CCC[C@@H](C(=O)O)N2C1=O.NCCCC[C@H](OP(=O)(O)CCCCc1ccccc1)C(=O)N1CCC[C@H]1C(=O)O.O.O=C(O)[C@H](CCc1ccccc1)N[C@H]1CCCN2CCC[C@@H](C(=O)O)N2C1=O. The van der Waals surface area contributed by atoms with Gasteiger partial charge in [-0.3, -0.25) is 53.7 Å². The summed E-state index contributed by atoms with van der Waals surface area (Å²) in [7, 11) is -3.98. The molecule has 0 radical (unpaired) electrons. The van der Waals surface area contributed by atoms with Gasteiger partial charge in [-0.15, -0.1) is 0 Å². The van der Waals surface area contributed by atoms with E-state index in [4.69, 9.17) is 15.0 Å². The Morgan fingerprint density at radius 1 is 0.573 bits per heavy atom. The van der Waals surface area contributed by atoms with Crippen LogP contribution in [-0.4, -0.2) is 204 Å². The Morgan fingerprint density at radius 3 is 1.45 bits per heavy atom. The molecular formula is C63H93N8O17P. The molecule has 0 saturated carbocycles. The number of nitrogens with zero attached hydrogens (tertiary/aromatic N) is 5. The number of aliphatic carboxylic acids is 4. The van der Waals surface area contributed by atoms with E-state index in [1.165, 1.54) is 14.9 Å². The van der Waals surface area contributed by atoms with Gasteiger partial charge >= 0.3 is 37.4 Å². The summed E-state index contributed by atoms with van der Waals surface area (Å²) in [6.07, 6.45) is 10.3. The Balaban J connectivity index is 0.000000242. The number of carboxylic acids is 4. The highest BCUT2D eigenvalue weighted by Gasteiger charge is 2.45. The minimum atomic E-state index is -3.98. The normalized spacial score (nSPS) is 22.1. The second-order valence-electron chi connectivity index (χ2n) is 22.9. The van der Waals surface area contributed by atoms with E-state index in [1.54, 1.807) is 6.92 Å². The molecule has 89 heavy (non-hydrogen) atoms. The van der Waals surface area contributed by atoms with Crippen LogP contribution in [-0.2, 0) is 71.4 Å². The monoisotopic (exact) mass is 1260 g/mol. The zero-order valence-corrected chi connectivity index (χ0v) is 52.0. The zero-order valence-electron chi connectivity index (χ0n) is 51.1. The third kappa shape index (κ3) is 22.6. The van der Waals surface area contributed by atoms with Crippen molar-refractivity contribution in [3.05, 3.63) is 108 Å². The van der Waals surface area contributed by atoms with Crippen molar-refractivity contribution in [1.29, 1.82) is 0 Å². The summed E-state index contributed by atoms with van der Waals surface area (Å²) >= 11 is 0. The lowest BCUT2D eigenvalue weighted by Crippen LogP contribution is -2.61. The van der Waals surface area contributed by atoms with E-state index in [0.717, 1.165) is 48.8 Å². The van der Waals surface area contributed by atoms with Gasteiger partial charge in [0.1, 0.15) is 36.3 Å². The number of likely N-dealkylation sites (tertiary alicyclic amines) is 1. The van der Waals surface area contributed by atoms with Crippen molar-refractivity contribution < 1.29 is 83.0 Å². The number of fused-ring (bicyclic) bond motifs is 2. The van der Waals surface area contributed by atoms with Crippen LogP contribution < -0.4 is 16.4 Å². The van der Waals surface area contributed by atoms with Crippen molar-refractivity contribution >= 4 is 55.2 Å². The number of ether oxygens (including phenoxy) is 1. The number of esters is 1. The summed E-state index contributed by atoms with van der Waals surface area (Å²) < 4.78 is 23.3. The number of hydrogen-bond acceptors (Lipinski definition) is 16. The van der Waals surface area contributed by atoms with Gasteiger partial charge in [0.2, 0.25) is 0 Å². The molecule has 5 aliphatic heterocycles. The number of aryl methyl sites for hydroxylation is 3. The van der Waals surface area contributed by atoms with Gasteiger partial charge in [-0.25, -0.2) is 24.4 Å². The number of carbonyl (C=O) groups is 8. The summed E-state index contributed by atoms with van der Waals surface area (Å²) in [5, 5.41) is 50.7. The van der Waals surface area contributed by atoms with Crippen LogP contribution in [0, 0.1) is 0 Å². The zero-order chi connectivity index (χ0) is 63.6. The quantitative estimate of drug-likeness (QED) is 0.0278.